The van der Waals surface area contributed by atoms with Gasteiger partial charge in [0.15, 0.2) is 0 Å². The third-order valence-electron chi connectivity index (χ3n) is 5.44. The number of rotatable bonds is 3. The number of carbonyl (C=O) groups is 1. The van der Waals surface area contributed by atoms with E-state index in [1.54, 1.807) is 0 Å². The van der Waals surface area contributed by atoms with Gasteiger partial charge in [0.05, 0.1) is 11.6 Å². The molecule has 130 valence electrons. The number of anilines is 1. The number of nitrogens with zero attached hydrogens (tertiary/aromatic N) is 2. The minimum atomic E-state index is -0.987. The minimum absolute atomic E-state index is 0.193. The molecule has 3 rings (SSSR count). The molecule has 1 aliphatic rings. The summed E-state index contributed by atoms with van der Waals surface area (Å²) < 4.78 is 0. The highest BCUT2D eigenvalue weighted by Gasteiger charge is 2.42. The second kappa shape index (κ2) is 6.29. The fraction of sp³-hybridized carbons (Fsp3) is 0.400. The second-order valence-electron chi connectivity index (χ2n) is 7.27. The van der Waals surface area contributed by atoms with Crippen molar-refractivity contribution in [1.82, 2.24) is 5.32 Å². The summed E-state index contributed by atoms with van der Waals surface area (Å²) >= 11 is 0. The van der Waals surface area contributed by atoms with Gasteiger partial charge in [0.2, 0.25) is 0 Å². The number of fused-ring (bicyclic) bond motifs is 1. The van der Waals surface area contributed by atoms with Gasteiger partial charge in [0.25, 0.3) is 0 Å². The zero-order valence-electron chi connectivity index (χ0n) is 14.8. The molecule has 2 aromatic carbocycles. The molecule has 0 radical (unpaired) electrons. The highest BCUT2D eigenvalue weighted by Crippen LogP contribution is 2.39. The first-order valence-corrected chi connectivity index (χ1v) is 8.55. The maximum atomic E-state index is 11.1. The van der Waals surface area contributed by atoms with Crippen LogP contribution in [-0.2, 0) is 0 Å². The van der Waals surface area contributed by atoms with Gasteiger partial charge in [0, 0.05) is 40.5 Å². The van der Waals surface area contributed by atoms with Crippen molar-refractivity contribution in [2.45, 2.75) is 38.8 Å². The molecule has 0 spiro atoms. The van der Waals surface area contributed by atoms with Gasteiger partial charge in [-0.1, -0.05) is 24.3 Å². The highest BCUT2D eigenvalue weighted by atomic mass is 16.4. The lowest BCUT2D eigenvalue weighted by atomic mass is 9.82. The van der Waals surface area contributed by atoms with Crippen LogP contribution in [0.3, 0.4) is 0 Å². The molecule has 25 heavy (non-hydrogen) atoms. The van der Waals surface area contributed by atoms with Crippen molar-refractivity contribution in [2.75, 3.05) is 11.4 Å². The second-order valence-corrected chi connectivity index (χ2v) is 7.27. The number of carboxylic acid groups (broad SMARTS) is 1. The van der Waals surface area contributed by atoms with Gasteiger partial charge >= 0.3 is 6.09 Å². The fourth-order valence-corrected chi connectivity index (χ4v) is 4.24. The maximum absolute atomic E-state index is 11.1. The van der Waals surface area contributed by atoms with Crippen LogP contribution in [0.1, 0.15) is 32.8 Å². The summed E-state index contributed by atoms with van der Waals surface area (Å²) in [4.78, 5) is 13.5. The van der Waals surface area contributed by atoms with Crippen LogP contribution < -0.4 is 10.2 Å². The summed E-state index contributed by atoms with van der Waals surface area (Å²) in [6.45, 7) is 6.91. The van der Waals surface area contributed by atoms with Crippen molar-refractivity contribution in [3.05, 3.63) is 42.0 Å². The van der Waals surface area contributed by atoms with Crippen molar-refractivity contribution in [3.8, 4) is 6.07 Å². The van der Waals surface area contributed by atoms with Gasteiger partial charge in [0.1, 0.15) is 0 Å². The Morgan fingerprint density at radius 3 is 2.60 bits per heavy atom. The van der Waals surface area contributed by atoms with Crippen molar-refractivity contribution in [1.29, 1.82) is 5.26 Å². The largest absolute Gasteiger partial charge is 0.465 e. The molecule has 0 aliphatic carbocycles. The Bertz CT molecular complexity index is 854. The molecule has 0 aromatic heterocycles. The van der Waals surface area contributed by atoms with Crippen LogP contribution in [0.2, 0.25) is 0 Å². The van der Waals surface area contributed by atoms with E-state index in [-0.39, 0.29) is 12.0 Å². The molecule has 0 saturated carbocycles. The van der Waals surface area contributed by atoms with E-state index in [1.165, 1.54) is 0 Å². The number of hydrogen-bond donors (Lipinski definition) is 2. The lowest BCUT2D eigenvalue weighted by Gasteiger charge is -2.36. The third-order valence-corrected chi connectivity index (χ3v) is 5.44. The topological polar surface area (TPSA) is 76.4 Å². The average molecular weight is 337 g/mol. The van der Waals surface area contributed by atoms with E-state index in [0.717, 1.165) is 29.4 Å². The quantitative estimate of drug-likeness (QED) is 0.888. The Labute approximate surface area is 147 Å². The third kappa shape index (κ3) is 3.00. The molecule has 2 unspecified atom stereocenters. The van der Waals surface area contributed by atoms with Crippen molar-refractivity contribution in [3.63, 3.8) is 0 Å². The van der Waals surface area contributed by atoms with E-state index in [0.29, 0.717) is 5.56 Å². The zero-order valence-corrected chi connectivity index (χ0v) is 14.8. The SMILES string of the molecule is CC1C(C(C)(C)NC(=O)O)CCN1c1ccc(C#N)c2ccccc12. The maximum Gasteiger partial charge on any atom is 0.405 e. The molecule has 1 aliphatic heterocycles. The molecule has 1 heterocycles. The average Bonchev–Trinajstić information content (AvgIpc) is 2.95. The molecule has 5 heteroatoms. The summed E-state index contributed by atoms with van der Waals surface area (Å²) in [6, 6.07) is 14.3. The van der Waals surface area contributed by atoms with E-state index in [2.05, 4.69) is 23.2 Å². The van der Waals surface area contributed by atoms with Gasteiger partial charge < -0.3 is 15.3 Å². The number of nitriles is 1. The minimum Gasteiger partial charge on any atom is -0.465 e. The van der Waals surface area contributed by atoms with Crippen LogP contribution in [0.4, 0.5) is 10.5 Å². The van der Waals surface area contributed by atoms with E-state index in [9.17, 15) is 10.1 Å². The van der Waals surface area contributed by atoms with Gasteiger partial charge in [-0.15, -0.1) is 0 Å². The van der Waals surface area contributed by atoms with Crippen LogP contribution >= 0.6 is 0 Å². The summed E-state index contributed by atoms with van der Waals surface area (Å²) in [7, 11) is 0. The first kappa shape index (κ1) is 17.1. The van der Waals surface area contributed by atoms with Gasteiger partial charge in [-0.3, -0.25) is 0 Å². The monoisotopic (exact) mass is 337 g/mol. The summed E-state index contributed by atoms with van der Waals surface area (Å²) in [5.74, 6) is 0.206. The molecule has 2 N–H and O–H groups in total. The first-order chi connectivity index (χ1) is 11.8. The zero-order chi connectivity index (χ0) is 18.2. The summed E-state index contributed by atoms with van der Waals surface area (Å²) in [5.41, 5.74) is 1.29. The predicted molar refractivity (Wildman–Crippen MR) is 98.8 cm³/mol. The highest BCUT2D eigenvalue weighted by molar-refractivity contribution is 5.98. The molecular weight excluding hydrogens is 314 g/mol. The predicted octanol–water partition coefficient (Wildman–Crippen LogP) is 3.97. The molecule has 0 bridgehead atoms. The lowest BCUT2D eigenvalue weighted by molar-refractivity contribution is 0.166. The van der Waals surface area contributed by atoms with E-state index in [1.807, 2.05) is 50.2 Å². The van der Waals surface area contributed by atoms with Crippen molar-refractivity contribution in [2.24, 2.45) is 5.92 Å². The Kier molecular flexibility index (Phi) is 4.30. The molecule has 5 nitrogen and oxygen atoms in total. The van der Waals surface area contributed by atoms with E-state index in [4.69, 9.17) is 5.11 Å². The number of nitrogens with one attached hydrogen (secondary N) is 1. The molecule has 2 atom stereocenters. The van der Waals surface area contributed by atoms with Gasteiger partial charge in [-0.25, -0.2) is 4.79 Å². The first-order valence-electron chi connectivity index (χ1n) is 8.55. The number of amides is 1. The van der Waals surface area contributed by atoms with Crippen molar-refractivity contribution < 1.29 is 9.90 Å². The lowest BCUT2D eigenvalue weighted by Crippen LogP contribution is -2.52. The van der Waals surface area contributed by atoms with Crippen molar-refractivity contribution >= 4 is 22.6 Å². The standard InChI is InChI=1S/C20H23N3O2/c1-13-17(20(2,3)22-19(24)25)10-11-23(13)18-9-8-14(12-21)15-6-4-5-7-16(15)18/h4-9,13,17,22H,10-11H2,1-3H3,(H,24,25). The van der Waals surface area contributed by atoms with Gasteiger partial charge in [-0.05, 0) is 39.3 Å². The van der Waals surface area contributed by atoms with Gasteiger partial charge in [-0.2, -0.15) is 5.26 Å². The summed E-state index contributed by atoms with van der Waals surface area (Å²) in [6.07, 6.45) is -0.0672. The Hall–Kier alpha value is -2.74. The normalized spacial score (nSPS) is 20.5. The summed E-state index contributed by atoms with van der Waals surface area (Å²) in [5, 5.41) is 23.2. The van der Waals surface area contributed by atoms with E-state index < -0.39 is 11.6 Å². The molecule has 1 saturated heterocycles. The van der Waals surface area contributed by atoms with Crippen LogP contribution in [-0.4, -0.2) is 29.3 Å². The Balaban J connectivity index is 1.98. The van der Waals surface area contributed by atoms with Crippen LogP contribution in [0.15, 0.2) is 36.4 Å². The van der Waals surface area contributed by atoms with E-state index >= 15 is 0 Å². The molecule has 2 aromatic rings. The molecular formula is C20H23N3O2. The van der Waals surface area contributed by atoms with Crippen LogP contribution in [0.25, 0.3) is 10.8 Å². The molecule has 1 amide bonds. The van der Waals surface area contributed by atoms with Crippen LogP contribution in [0, 0.1) is 17.2 Å². The Morgan fingerprint density at radius 2 is 1.96 bits per heavy atom. The molecule has 1 fully saturated rings. The fourth-order valence-electron chi connectivity index (χ4n) is 4.24. The number of benzene rings is 2. The number of hydrogen-bond acceptors (Lipinski definition) is 3. The van der Waals surface area contributed by atoms with Crippen LogP contribution in [0.5, 0.6) is 0 Å². The smallest absolute Gasteiger partial charge is 0.405 e. The Morgan fingerprint density at radius 1 is 1.28 bits per heavy atom.